The molecule has 0 aliphatic carbocycles. The van der Waals surface area contributed by atoms with E-state index in [-0.39, 0.29) is 0 Å². The van der Waals surface area contributed by atoms with Crippen molar-refractivity contribution in [3.8, 4) is 5.75 Å². The van der Waals surface area contributed by atoms with Crippen LogP contribution < -0.4 is 10.1 Å². The molecule has 0 spiro atoms. The molecule has 2 heteroatoms. The van der Waals surface area contributed by atoms with Crippen LogP contribution in [0.15, 0.2) is 24.3 Å². The molecule has 2 rings (SSSR count). The summed E-state index contributed by atoms with van der Waals surface area (Å²) in [4.78, 5) is 0. The lowest BCUT2D eigenvalue weighted by atomic mass is 9.87. The van der Waals surface area contributed by atoms with Crippen molar-refractivity contribution >= 4 is 0 Å². The lowest BCUT2D eigenvalue weighted by Gasteiger charge is -2.21. The Morgan fingerprint density at radius 1 is 1.25 bits per heavy atom. The Labute approximate surface area is 123 Å². The SMILES string of the molecule is CCCC(CNCC(C)C)CC1COc2ccccc21. The van der Waals surface area contributed by atoms with Crippen molar-refractivity contribution in [2.45, 2.75) is 46.0 Å². The van der Waals surface area contributed by atoms with Crippen molar-refractivity contribution < 1.29 is 4.74 Å². The van der Waals surface area contributed by atoms with Crippen LogP contribution in [0.3, 0.4) is 0 Å². The summed E-state index contributed by atoms with van der Waals surface area (Å²) in [5.74, 6) is 3.18. The van der Waals surface area contributed by atoms with E-state index in [4.69, 9.17) is 4.74 Å². The molecule has 0 bridgehead atoms. The van der Waals surface area contributed by atoms with Crippen LogP contribution in [0.4, 0.5) is 0 Å². The van der Waals surface area contributed by atoms with Crippen LogP contribution in [-0.4, -0.2) is 19.7 Å². The van der Waals surface area contributed by atoms with Gasteiger partial charge in [0.25, 0.3) is 0 Å². The highest BCUT2D eigenvalue weighted by atomic mass is 16.5. The molecule has 0 aromatic heterocycles. The summed E-state index contributed by atoms with van der Waals surface area (Å²) in [6, 6.07) is 8.53. The molecule has 1 aromatic rings. The van der Waals surface area contributed by atoms with Crippen molar-refractivity contribution in [1.82, 2.24) is 5.32 Å². The van der Waals surface area contributed by atoms with E-state index in [1.807, 2.05) is 0 Å². The number of nitrogens with one attached hydrogen (secondary N) is 1. The molecule has 2 unspecified atom stereocenters. The predicted molar refractivity (Wildman–Crippen MR) is 85.4 cm³/mol. The van der Waals surface area contributed by atoms with Gasteiger partial charge in [-0.2, -0.15) is 0 Å². The molecule has 0 radical (unpaired) electrons. The van der Waals surface area contributed by atoms with Gasteiger partial charge in [-0.1, -0.05) is 45.4 Å². The fourth-order valence-electron chi connectivity index (χ4n) is 3.11. The molecule has 0 saturated heterocycles. The smallest absolute Gasteiger partial charge is 0.122 e. The number of hydrogen-bond donors (Lipinski definition) is 1. The minimum Gasteiger partial charge on any atom is -0.493 e. The number of hydrogen-bond acceptors (Lipinski definition) is 2. The first-order chi connectivity index (χ1) is 9.70. The fraction of sp³-hybridized carbons (Fsp3) is 0.667. The zero-order valence-corrected chi connectivity index (χ0v) is 13.2. The van der Waals surface area contributed by atoms with Gasteiger partial charge in [0.2, 0.25) is 0 Å². The Hall–Kier alpha value is -1.02. The van der Waals surface area contributed by atoms with Crippen molar-refractivity contribution in [2.24, 2.45) is 11.8 Å². The first-order valence-corrected chi connectivity index (χ1v) is 8.13. The third-order valence-corrected chi connectivity index (χ3v) is 4.10. The Bertz CT molecular complexity index is 402. The zero-order chi connectivity index (χ0) is 14.4. The van der Waals surface area contributed by atoms with Crippen LogP contribution in [0.5, 0.6) is 5.75 Å². The number of fused-ring (bicyclic) bond motifs is 1. The Kier molecular flexibility index (Phi) is 5.90. The molecule has 1 aromatic carbocycles. The summed E-state index contributed by atoms with van der Waals surface area (Å²) >= 11 is 0. The van der Waals surface area contributed by atoms with E-state index >= 15 is 0 Å². The van der Waals surface area contributed by atoms with Crippen LogP contribution >= 0.6 is 0 Å². The van der Waals surface area contributed by atoms with Gasteiger partial charge in [0, 0.05) is 11.5 Å². The first-order valence-electron chi connectivity index (χ1n) is 8.13. The zero-order valence-electron chi connectivity index (χ0n) is 13.2. The van der Waals surface area contributed by atoms with E-state index in [0.29, 0.717) is 5.92 Å². The van der Waals surface area contributed by atoms with Crippen molar-refractivity contribution in [3.05, 3.63) is 29.8 Å². The molecule has 2 nitrogen and oxygen atoms in total. The van der Waals surface area contributed by atoms with E-state index in [1.165, 1.54) is 24.8 Å². The van der Waals surface area contributed by atoms with E-state index in [0.717, 1.165) is 37.3 Å². The van der Waals surface area contributed by atoms with Crippen LogP contribution in [0, 0.1) is 11.8 Å². The first kappa shape index (κ1) is 15.4. The van der Waals surface area contributed by atoms with Gasteiger partial charge in [-0.25, -0.2) is 0 Å². The van der Waals surface area contributed by atoms with Crippen LogP contribution in [0.1, 0.15) is 51.5 Å². The van der Waals surface area contributed by atoms with Gasteiger partial charge in [0.15, 0.2) is 0 Å². The van der Waals surface area contributed by atoms with Gasteiger partial charge >= 0.3 is 0 Å². The molecule has 1 heterocycles. The lowest BCUT2D eigenvalue weighted by Crippen LogP contribution is -2.27. The summed E-state index contributed by atoms with van der Waals surface area (Å²) < 4.78 is 5.81. The summed E-state index contributed by atoms with van der Waals surface area (Å²) in [6.45, 7) is 9.95. The molecule has 2 atom stereocenters. The van der Waals surface area contributed by atoms with Crippen molar-refractivity contribution in [2.75, 3.05) is 19.7 Å². The highest BCUT2D eigenvalue weighted by molar-refractivity contribution is 5.39. The molecular weight excluding hydrogens is 246 g/mol. The van der Waals surface area contributed by atoms with Gasteiger partial charge in [-0.3, -0.25) is 0 Å². The van der Waals surface area contributed by atoms with Gasteiger partial charge in [0.05, 0.1) is 6.61 Å². The second-order valence-corrected chi connectivity index (χ2v) is 6.49. The molecular formula is C18H29NO. The van der Waals surface area contributed by atoms with Crippen LogP contribution in [0.2, 0.25) is 0 Å². The van der Waals surface area contributed by atoms with E-state index in [2.05, 4.69) is 50.4 Å². The standard InChI is InChI=1S/C18H29NO/c1-4-7-15(12-19-11-14(2)3)10-16-13-20-18-9-6-5-8-17(16)18/h5-6,8-9,14-16,19H,4,7,10-13H2,1-3H3. The van der Waals surface area contributed by atoms with E-state index < -0.39 is 0 Å². The van der Waals surface area contributed by atoms with Gasteiger partial charge in [-0.05, 0) is 43.8 Å². The number of benzene rings is 1. The normalized spacial score (nSPS) is 18.9. The maximum absolute atomic E-state index is 5.81. The fourth-order valence-corrected chi connectivity index (χ4v) is 3.11. The van der Waals surface area contributed by atoms with E-state index in [1.54, 1.807) is 0 Å². The Morgan fingerprint density at radius 2 is 2.05 bits per heavy atom. The van der Waals surface area contributed by atoms with Crippen molar-refractivity contribution in [1.29, 1.82) is 0 Å². The van der Waals surface area contributed by atoms with Gasteiger partial charge < -0.3 is 10.1 Å². The summed E-state index contributed by atoms with van der Waals surface area (Å²) in [5, 5.41) is 3.63. The Balaban J connectivity index is 1.88. The van der Waals surface area contributed by atoms with Crippen molar-refractivity contribution in [3.63, 3.8) is 0 Å². The second kappa shape index (κ2) is 7.68. The largest absolute Gasteiger partial charge is 0.493 e. The number of para-hydroxylation sites is 1. The Morgan fingerprint density at radius 3 is 2.80 bits per heavy atom. The highest BCUT2D eigenvalue weighted by Gasteiger charge is 2.26. The predicted octanol–water partition coefficient (Wildman–Crippen LogP) is 4.21. The molecule has 112 valence electrons. The average molecular weight is 275 g/mol. The van der Waals surface area contributed by atoms with Crippen LogP contribution in [-0.2, 0) is 0 Å². The summed E-state index contributed by atoms with van der Waals surface area (Å²) in [6.07, 6.45) is 3.82. The minimum atomic E-state index is 0.587. The summed E-state index contributed by atoms with van der Waals surface area (Å²) in [7, 11) is 0. The maximum Gasteiger partial charge on any atom is 0.122 e. The van der Waals surface area contributed by atoms with E-state index in [9.17, 15) is 0 Å². The monoisotopic (exact) mass is 275 g/mol. The summed E-state index contributed by atoms with van der Waals surface area (Å²) in [5.41, 5.74) is 1.41. The molecule has 1 aliphatic rings. The lowest BCUT2D eigenvalue weighted by molar-refractivity contribution is 0.295. The molecule has 1 N–H and O–H groups in total. The second-order valence-electron chi connectivity index (χ2n) is 6.49. The average Bonchev–Trinajstić information content (AvgIpc) is 2.82. The maximum atomic E-state index is 5.81. The van der Waals surface area contributed by atoms with Crippen LogP contribution in [0.25, 0.3) is 0 Å². The molecule has 1 aliphatic heterocycles. The quantitative estimate of drug-likeness (QED) is 0.767. The third-order valence-electron chi connectivity index (χ3n) is 4.10. The molecule has 0 saturated carbocycles. The molecule has 0 amide bonds. The van der Waals surface area contributed by atoms with Gasteiger partial charge in [0.1, 0.15) is 5.75 Å². The molecule has 0 fully saturated rings. The third kappa shape index (κ3) is 4.24. The minimum absolute atomic E-state index is 0.587. The topological polar surface area (TPSA) is 21.3 Å². The molecule has 20 heavy (non-hydrogen) atoms. The number of rotatable bonds is 8. The highest BCUT2D eigenvalue weighted by Crippen LogP contribution is 2.37. The number of ether oxygens (including phenoxy) is 1. The van der Waals surface area contributed by atoms with Gasteiger partial charge in [-0.15, -0.1) is 0 Å².